The number of hydrogen-bond donors (Lipinski definition) is 1. The first kappa shape index (κ1) is 13.4. The molecule has 0 amide bonds. The third kappa shape index (κ3) is 2.68. The lowest BCUT2D eigenvalue weighted by Gasteiger charge is -2.05. The Bertz CT molecular complexity index is 759. The van der Waals surface area contributed by atoms with Crippen LogP contribution in [0.1, 0.15) is 29.3 Å². The minimum Gasteiger partial charge on any atom is -0.494 e. The molecule has 0 unspecified atom stereocenters. The van der Waals surface area contributed by atoms with E-state index < -0.39 is 0 Å². The number of rotatable bonds is 5. The van der Waals surface area contributed by atoms with Crippen LogP contribution in [0, 0.1) is 0 Å². The van der Waals surface area contributed by atoms with Crippen molar-refractivity contribution in [2.75, 3.05) is 6.61 Å². The van der Waals surface area contributed by atoms with Crippen molar-refractivity contribution < 1.29 is 9.53 Å². The lowest BCUT2D eigenvalue weighted by Crippen LogP contribution is -2.00. The summed E-state index contributed by atoms with van der Waals surface area (Å²) in [5, 5.41) is 0.900. The molecular formula is C18H17NO2. The molecule has 3 rings (SSSR count). The van der Waals surface area contributed by atoms with Gasteiger partial charge in [0.1, 0.15) is 5.75 Å². The lowest BCUT2D eigenvalue weighted by molar-refractivity contribution is 0.104. The van der Waals surface area contributed by atoms with Gasteiger partial charge in [0.05, 0.1) is 6.61 Å². The highest BCUT2D eigenvalue weighted by Crippen LogP contribution is 2.25. The van der Waals surface area contributed by atoms with E-state index in [1.165, 1.54) is 0 Å². The Kier molecular flexibility index (Phi) is 3.73. The third-order valence-electron chi connectivity index (χ3n) is 3.41. The fraction of sp³-hybridized carbons (Fsp3) is 0.167. The van der Waals surface area contributed by atoms with Crippen molar-refractivity contribution in [2.24, 2.45) is 0 Å². The maximum atomic E-state index is 12.6. The minimum absolute atomic E-state index is 0.0227. The van der Waals surface area contributed by atoms with Crippen LogP contribution in [-0.2, 0) is 0 Å². The van der Waals surface area contributed by atoms with Gasteiger partial charge in [-0.05, 0) is 24.6 Å². The number of ketones is 1. The Balaban J connectivity index is 2.00. The lowest BCUT2D eigenvalue weighted by atomic mass is 10.0. The second-order valence-electron chi connectivity index (χ2n) is 4.95. The summed E-state index contributed by atoms with van der Waals surface area (Å²) in [5.41, 5.74) is 2.31. The first-order valence-electron chi connectivity index (χ1n) is 7.13. The molecule has 0 saturated heterocycles. The molecule has 3 heteroatoms. The van der Waals surface area contributed by atoms with Crippen LogP contribution in [-0.4, -0.2) is 17.4 Å². The van der Waals surface area contributed by atoms with Gasteiger partial charge in [-0.25, -0.2) is 0 Å². The Morgan fingerprint density at radius 3 is 2.71 bits per heavy atom. The SMILES string of the molecule is CCCOc1ccc2[nH]cc(C(=O)c3ccccc3)c2c1. The number of aromatic nitrogens is 1. The van der Waals surface area contributed by atoms with E-state index in [1.807, 2.05) is 48.5 Å². The zero-order valence-electron chi connectivity index (χ0n) is 11.9. The molecule has 3 nitrogen and oxygen atoms in total. The Hall–Kier alpha value is -2.55. The van der Waals surface area contributed by atoms with Gasteiger partial charge in [0.2, 0.25) is 0 Å². The van der Waals surface area contributed by atoms with Gasteiger partial charge in [-0.15, -0.1) is 0 Å². The summed E-state index contributed by atoms with van der Waals surface area (Å²) in [6, 6.07) is 15.1. The zero-order valence-corrected chi connectivity index (χ0v) is 11.9. The van der Waals surface area contributed by atoms with E-state index in [0.29, 0.717) is 17.7 Å². The van der Waals surface area contributed by atoms with E-state index in [2.05, 4.69) is 11.9 Å². The van der Waals surface area contributed by atoms with Crippen molar-refractivity contribution in [3.63, 3.8) is 0 Å². The van der Waals surface area contributed by atoms with Crippen LogP contribution in [0.4, 0.5) is 0 Å². The maximum absolute atomic E-state index is 12.6. The average molecular weight is 279 g/mol. The number of carbonyl (C=O) groups excluding carboxylic acids is 1. The van der Waals surface area contributed by atoms with Gasteiger partial charge in [0, 0.05) is 28.2 Å². The van der Waals surface area contributed by atoms with Crippen LogP contribution in [0.15, 0.2) is 54.7 Å². The van der Waals surface area contributed by atoms with Crippen molar-refractivity contribution in [3.8, 4) is 5.75 Å². The first-order chi connectivity index (χ1) is 10.3. The van der Waals surface area contributed by atoms with Gasteiger partial charge in [-0.2, -0.15) is 0 Å². The van der Waals surface area contributed by atoms with Gasteiger partial charge < -0.3 is 9.72 Å². The summed E-state index contributed by atoms with van der Waals surface area (Å²) < 4.78 is 5.65. The second-order valence-corrected chi connectivity index (χ2v) is 4.95. The summed E-state index contributed by atoms with van der Waals surface area (Å²) in [6.07, 6.45) is 2.73. The van der Waals surface area contributed by atoms with Crippen molar-refractivity contribution in [2.45, 2.75) is 13.3 Å². The molecule has 0 fully saturated rings. The molecule has 0 aliphatic heterocycles. The number of fused-ring (bicyclic) bond motifs is 1. The van der Waals surface area contributed by atoms with Crippen LogP contribution in [0.5, 0.6) is 5.75 Å². The number of ether oxygens (including phenoxy) is 1. The standard InChI is InChI=1S/C18H17NO2/c1-2-10-21-14-8-9-17-15(11-14)16(12-19-17)18(20)13-6-4-3-5-7-13/h3-9,11-12,19H,2,10H2,1H3. The van der Waals surface area contributed by atoms with Gasteiger partial charge in [-0.1, -0.05) is 37.3 Å². The summed E-state index contributed by atoms with van der Waals surface area (Å²) in [5.74, 6) is 0.820. The first-order valence-corrected chi connectivity index (χ1v) is 7.13. The molecule has 0 bridgehead atoms. The second kappa shape index (κ2) is 5.83. The van der Waals surface area contributed by atoms with Gasteiger partial charge in [0.15, 0.2) is 5.78 Å². The zero-order chi connectivity index (χ0) is 14.7. The predicted molar refractivity (Wildman–Crippen MR) is 84.0 cm³/mol. The van der Waals surface area contributed by atoms with Crippen molar-refractivity contribution >= 4 is 16.7 Å². The van der Waals surface area contributed by atoms with Crippen LogP contribution in [0.2, 0.25) is 0 Å². The van der Waals surface area contributed by atoms with E-state index in [0.717, 1.165) is 23.1 Å². The average Bonchev–Trinajstić information content (AvgIpc) is 2.96. The normalized spacial score (nSPS) is 10.7. The van der Waals surface area contributed by atoms with Gasteiger partial charge >= 0.3 is 0 Å². The van der Waals surface area contributed by atoms with E-state index in [1.54, 1.807) is 6.20 Å². The molecule has 0 aliphatic rings. The molecular weight excluding hydrogens is 262 g/mol. The van der Waals surface area contributed by atoms with Crippen LogP contribution in [0.3, 0.4) is 0 Å². The molecule has 1 N–H and O–H groups in total. The highest BCUT2D eigenvalue weighted by Gasteiger charge is 2.14. The van der Waals surface area contributed by atoms with E-state index >= 15 is 0 Å². The number of hydrogen-bond acceptors (Lipinski definition) is 2. The van der Waals surface area contributed by atoms with Crippen LogP contribution >= 0.6 is 0 Å². The highest BCUT2D eigenvalue weighted by atomic mass is 16.5. The Morgan fingerprint density at radius 2 is 1.95 bits per heavy atom. The summed E-state index contributed by atoms with van der Waals surface area (Å²) in [4.78, 5) is 15.7. The molecule has 0 aliphatic carbocycles. The molecule has 0 saturated carbocycles. The molecule has 1 heterocycles. The molecule has 0 radical (unpaired) electrons. The topological polar surface area (TPSA) is 42.1 Å². The van der Waals surface area contributed by atoms with Crippen molar-refractivity contribution in [3.05, 3.63) is 65.9 Å². The fourth-order valence-corrected chi connectivity index (χ4v) is 2.34. The number of aromatic amines is 1. The van der Waals surface area contributed by atoms with Crippen molar-refractivity contribution in [1.29, 1.82) is 0 Å². The minimum atomic E-state index is 0.0227. The number of carbonyl (C=O) groups is 1. The quantitative estimate of drug-likeness (QED) is 0.712. The fourth-order valence-electron chi connectivity index (χ4n) is 2.34. The van der Waals surface area contributed by atoms with E-state index in [-0.39, 0.29) is 5.78 Å². The van der Waals surface area contributed by atoms with Crippen LogP contribution < -0.4 is 4.74 Å². The Morgan fingerprint density at radius 1 is 1.14 bits per heavy atom. The molecule has 0 atom stereocenters. The molecule has 2 aromatic carbocycles. The molecule has 0 spiro atoms. The van der Waals surface area contributed by atoms with E-state index in [4.69, 9.17) is 4.74 Å². The largest absolute Gasteiger partial charge is 0.494 e. The van der Waals surface area contributed by atoms with E-state index in [9.17, 15) is 4.79 Å². The molecule has 1 aromatic heterocycles. The molecule has 106 valence electrons. The van der Waals surface area contributed by atoms with Gasteiger partial charge in [-0.3, -0.25) is 4.79 Å². The predicted octanol–water partition coefficient (Wildman–Crippen LogP) is 4.19. The number of benzene rings is 2. The van der Waals surface area contributed by atoms with Crippen molar-refractivity contribution in [1.82, 2.24) is 4.98 Å². The third-order valence-corrected chi connectivity index (χ3v) is 3.41. The summed E-state index contributed by atoms with van der Waals surface area (Å²) >= 11 is 0. The number of nitrogens with one attached hydrogen (secondary N) is 1. The molecule has 21 heavy (non-hydrogen) atoms. The summed E-state index contributed by atoms with van der Waals surface area (Å²) in [7, 11) is 0. The number of H-pyrrole nitrogens is 1. The van der Waals surface area contributed by atoms with Gasteiger partial charge in [0.25, 0.3) is 0 Å². The summed E-state index contributed by atoms with van der Waals surface area (Å²) in [6.45, 7) is 2.75. The smallest absolute Gasteiger partial charge is 0.195 e. The highest BCUT2D eigenvalue weighted by molar-refractivity contribution is 6.16. The monoisotopic (exact) mass is 279 g/mol. The Labute approximate surface area is 123 Å². The maximum Gasteiger partial charge on any atom is 0.195 e. The van der Waals surface area contributed by atoms with Crippen LogP contribution in [0.25, 0.3) is 10.9 Å². The molecule has 3 aromatic rings.